The van der Waals surface area contributed by atoms with E-state index < -0.39 is 0 Å². The summed E-state index contributed by atoms with van der Waals surface area (Å²) in [5.41, 5.74) is 7.84. The van der Waals surface area contributed by atoms with Gasteiger partial charge in [-0.25, -0.2) is 39.5 Å². The van der Waals surface area contributed by atoms with Gasteiger partial charge in [-0.2, -0.15) is 8.75 Å². The highest BCUT2D eigenvalue weighted by Crippen LogP contribution is 2.34. The van der Waals surface area contributed by atoms with Gasteiger partial charge in [0.2, 0.25) is 9.60 Å². The molecule has 6 aromatic rings. The van der Waals surface area contributed by atoms with Gasteiger partial charge in [0.1, 0.15) is 23.3 Å². The van der Waals surface area contributed by atoms with Crippen molar-refractivity contribution >= 4 is 74.9 Å². The summed E-state index contributed by atoms with van der Waals surface area (Å²) in [4.78, 5) is 58.6. The number of aryl methyl sites for hydroxylation is 2. The van der Waals surface area contributed by atoms with Crippen LogP contribution >= 0.6 is 34.7 Å². The van der Waals surface area contributed by atoms with Gasteiger partial charge in [-0.05, 0) is 126 Å². The molecular formula is C50H71ClN16O4S2. The molecule has 4 aromatic heterocycles. The van der Waals surface area contributed by atoms with Crippen molar-refractivity contribution in [3.05, 3.63) is 87.2 Å². The predicted octanol–water partition coefficient (Wildman–Crippen LogP) is 8.41. The molecular weight excluding hydrogens is 988 g/mol. The van der Waals surface area contributed by atoms with Crippen LogP contribution in [-0.4, -0.2) is 129 Å². The van der Waals surface area contributed by atoms with Gasteiger partial charge in [-0.3, -0.25) is 0 Å². The number of rotatable bonds is 9. The van der Waals surface area contributed by atoms with E-state index >= 15 is 0 Å². The molecule has 0 radical (unpaired) electrons. The second-order valence-corrected chi connectivity index (χ2v) is 18.8. The number of fused-ring (bicyclic) bond motifs is 2. The fourth-order valence-corrected chi connectivity index (χ4v) is 9.60. The molecule has 5 N–H and O–H groups in total. The molecule has 73 heavy (non-hydrogen) atoms. The summed E-state index contributed by atoms with van der Waals surface area (Å²) < 4.78 is 19.9. The smallest absolute Gasteiger partial charge is 0.319 e. The number of aromatic nitrogens is 8. The fourth-order valence-electron chi connectivity index (χ4n) is 8.25. The molecule has 0 bridgehead atoms. The molecule has 4 aliphatic heterocycles. The molecule has 8 heterocycles. The molecule has 0 unspecified atom stereocenters. The van der Waals surface area contributed by atoms with E-state index in [4.69, 9.17) is 41.0 Å². The minimum Gasteiger partial charge on any atom is -0.378 e. The highest BCUT2D eigenvalue weighted by Gasteiger charge is 2.30. The first-order valence-corrected chi connectivity index (χ1v) is 25.5. The first-order chi connectivity index (χ1) is 34.0. The Balaban J connectivity index is 0.000000234. The Bertz CT molecular complexity index is 2690. The van der Waals surface area contributed by atoms with Crippen LogP contribution in [0.4, 0.5) is 37.7 Å². The van der Waals surface area contributed by atoms with Crippen molar-refractivity contribution in [1.82, 2.24) is 54.6 Å². The van der Waals surface area contributed by atoms with E-state index in [-0.39, 0.29) is 40.4 Å². The van der Waals surface area contributed by atoms with E-state index in [1.54, 1.807) is 0 Å². The number of carbonyl (C=O) groups excluding carboxylic acids is 2. The summed E-state index contributed by atoms with van der Waals surface area (Å²) in [5, 5.41) is 15.4. The first-order valence-electron chi connectivity index (χ1n) is 23.5. The third-order valence-corrected chi connectivity index (χ3v) is 13.4. The van der Waals surface area contributed by atoms with Crippen LogP contribution in [0.25, 0.3) is 22.8 Å². The number of benzene rings is 2. The van der Waals surface area contributed by atoms with Crippen LogP contribution in [0.5, 0.6) is 0 Å². The summed E-state index contributed by atoms with van der Waals surface area (Å²) in [7, 11) is 0. The van der Waals surface area contributed by atoms with Crippen molar-refractivity contribution in [2.45, 2.75) is 88.9 Å². The Morgan fingerprint density at radius 3 is 1.78 bits per heavy atom. The largest absolute Gasteiger partial charge is 0.378 e. The van der Waals surface area contributed by atoms with Crippen molar-refractivity contribution < 1.29 is 19.1 Å². The minimum absolute atomic E-state index is 0. The first kappa shape index (κ1) is 57.7. The lowest BCUT2D eigenvalue weighted by Crippen LogP contribution is -2.45. The number of nitrogens with one attached hydrogen (secondary N) is 5. The van der Waals surface area contributed by atoms with Crippen molar-refractivity contribution in [3.8, 4) is 22.8 Å². The molecule has 20 nitrogen and oxygen atoms in total. The highest BCUT2D eigenvalue weighted by atomic mass is 35.5. The molecule has 2 saturated heterocycles. The van der Waals surface area contributed by atoms with Crippen LogP contribution in [-0.2, 0) is 35.4 Å². The molecule has 0 spiro atoms. The summed E-state index contributed by atoms with van der Waals surface area (Å²) in [6.07, 6.45) is 1.79. The molecule has 0 aliphatic carbocycles. The Hall–Kier alpha value is -6.17. The number of amides is 4. The topological polar surface area (TPSA) is 226 Å². The predicted molar refractivity (Wildman–Crippen MR) is 296 cm³/mol. The van der Waals surface area contributed by atoms with Gasteiger partial charge in [-0.1, -0.05) is 22.3 Å². The molecule has 1 atom stereocenters. The molecule has 0 saturated carbocycles. The maximum absolute atomic E-state index is 11.9. The van der Waals surface area contributed by atoms with Crippen molar-refractivity contribution in [1.29, 1.82) is 0 Å². The van der Waals surface area contributed by atoms with Crippen molar-refractivity contribution in [3.63, 3.8) is 0 Å². The standard InChI is InChI=1S/C24H30N8O2S.C20H26N6O2.C3H3ClN2S.3CH4/c1-4-25-23(33)27-18-7-5-17(6-8-18)21-28-20-13-31(24-26-16(3)30-35-24)10-9-19(20)22(29-21)32-11-12-34-14-15(32)2;1-2-22-20(27)23-15-5-3-14(4-6-15)18-24-17-13-21-8-7-16(17)19(25-18)26-9-11-28-12-10-26;1-2-5-3(4)7-6-2;;;/h5-8,15H,4,9-14H2,1-3H3,(H2,25,27,33);3-6,21H,2,7-13H2,1H3,(H2,22,23,27);1H3;3*1H4/t15-;;;;;/m0...../s1. The van der Waals surface area contributed by atoms with Crippen LogP contribution in [0.15, 0.2) is 48.5 Å². The van der Waals surface area contributed by atoms with Crippen LogP contribution in [0.2, 0.25) is 4.47 Å². The van der Waals surface area contributed by atoms with Gasteiger partial charge in [0.25, 0.3) is 0 Å². The third kappa shape index (κ3) is 15.2. The number of morpholine rings is 2. The van der Waals surface area contributed by atoms with Crippen LogP contribution in [0.3, 0.4) is 0 Å². The zero-order chi connectivity index (χ0) is 49.0. The van der Waals surface area contributed by atoms with E-state index in [1.807, 2.05) is 76.2 Å². The van der Waals surface area contributed by atoms with Crippen LogP contribution < -0.4 is 41.3 Å². The van der Waals surface area contributed by atoms with Gasteiger partial charge in [0.15, 0.2) is 11.6 Å². The number of urea groups is 2. The molecule has 10 rings (SSSR count). The Labute approximate surface area is 442 Å². The molecule has 23 heteroatoms. The number of hydrogen-bond acceptors (Lipinski definition) is 18. The lowest BCUT2D eigenvalue weighted by Gasteiger charge is -2.37. The normalized spacial score (nSPS) is 15.7. The van der Waals surface area contributed by atoms with Gasteiger partial charge in [0.05, 0.1) is 50.4 Å². The van der Waals surface area contributed by atoms with Gasteiger partial charge >= 0.3 is 12.1 Å². The maximum Gasteiger partial charge on any atom is 0.319 e. The zero-order valence-electron chi connectivity index (χ0n) is 40.0. The van der Waals surface area contributed by atoms with E-state index in [0.717, 1.165) is 128 Å². The number of hydrogen-bond donors (Lipinski definition) is 5. The number of nitrogens with zero attached hydrogens (tertiary/aromatic N) is 11. The number of ether oxygens (including phenoxy) is 2. The molecule has 2 fully saturated rings. The van der Waals surface area contributed by atoms with Gasteiger partial charge in [0, 0.05) is 91.0 Å². The van der Waals surface area contributed by atoms with E-state index in [2.05, 4.69) is 66.9 Å². The lowest BCUT2D eigenvalue weighted by atomic mass is 10.0. The highest BCUT2D eigenvalue weighted by molar-refractivity contribution is 7.10. The van der Waals surface area contributed by atoms with E-state index in [1.165, 1.54) is 34.2 Å². The fraction of sp³-hybridized carbons (Fsp3) is 0.480. The summed E-state index contributed by atoms with van der Waals surface area (Å²) in [5.74, 6) is 4.97. The van der Waals surface area contributed by atoms with Gasteiger partial charge in [-0.15, -0.1) is 0 Å². The molecule has 4 aliphatic rings. The number of anilines is 5. The summed E-state index contributed by atoms with van der Waals surface area (Å²) in [6.45, 7) is 19.4. The Kier molecular flexibility index (Phi) is 22.0. The average molecular weight is 1060 g/mol. The SMILES string of the molecule is C.C.C.CCNC(=O)Nc1ccc(-c2nc3c(c(N4CCOCC4)n2)CCNC3)cc1.CCNC(=O)Nc1ccc(-c2nc3c(c(N4CCOC[C@@H]4C)n2)CCN(c2nc(C)ns2)C3)cc1.Cc1nsc(Cl)n1. The molecule has 394 valence electrons. The second-order valence-electron chi connectivity index (χ2n) is 16.7. The number of carbonyl (C=O) groups is 2. The van der Waals surface area contributed by atoms with Crippen LogP contribution in [0, 0.1) is 13.8 Å². The van der Waals surface area contributed by atoms with E-state index in [9.17, 15) is 9.59 Å². The number of halogens is 1. The Morgan fingerprint density at radius 1 is 0.685 bits per heavy atom. The van der Waals surface area contributed by atoms with E-state index in [0.29, 0.717) is 49.0 Å². The quantitative estimate of drug-likeness (QED) is 0.0916. The maximum atomic E-state index is 11.9. The van der Waals surface area contributed by atoms with Gasteiger partial charge < -0.3 is 50.8 Å². The monoisotopic (exact) mass is 1060 g/mol. The summed E-state index contributed by atoms with van der Waals surface area (Å²) in [6, 6.07) is 15.1. The van der Waals surface area contributed by atoms with Crippen molar-refractivity contribution in [2.24, 2.45) is 0 Å². The lowest BCUT2D eigenvalue weighted by molar-refractivity contribution is 0.0984. The van der Waals surface area contributed by atoms with Crippen molar-refractivity contribution in [2.75, 3.05) is 97.6 Å². The second kappa shape index (κ2) is 27.8. The third-order valence-electron chi connectivity index (χ3n) is 11.7. The minimum atomic E-state index is -0.221. The molecule has 4 amide bonds. The summed E-state index contributed by atoms with van der Waals surface area (Å²) >= 11 is 8.04. The van der Waals surface area contributed by atoms with Crippen LogP contribution in [0.1, 0.15) is 77.2 Å². The molecule has 2 aromatic carbocycles. The average Bonchev–Trinajstić information content (AvgIpc) is 4.00. The Morgan fingerprint density at radius 2 is 1.25 bits per heavy atom. The zero-order valence-corrected chi connectivity index (χ0v) is 42.4.